The van der Waals surface area contributed by atoms with Crippen LogP contribution >= 0.6 is 12.4 Å². The first kappa shape index (κ1) is 12.7. The third-order valence-corrected chi connectivity index (χ3v) is 1.99. The van der Waals surface area contributed by atoms with Gasteiger partial charge >= 0.3 is 5.97 Å². The van der Waals surface area contributed by atoms with Crippen molar-refractivity contribution in [1.82, 2.24) is 0 Å². The van der Waals surface area contributed by atoms with Crippen LogP contribution in [0.5, 0.6) is 0 Å². The van der Waals surface area contributed by atoms with E-state index in [1.54, 1.807) is 6.92 Å². The fourth-order valence-electron chi connectivity index (χ4n) is 1.30. The van der Waals surface area contributed by atoms with Crippen molar-refractivity contribution in [1.29, 1.82) is 0 Å². The zero-order chi connectivity index (χ0) is 8.97. The molecule has 0 radical (unpaired) electrons. The molecule has 0 spiro atoms. The highest BCUT2D eigenvalue weighted by Gasteiger charge is 2.29. The Kier molecular flexibility index (Phi) is 6.03. The number of esters is 1. The third kappa shape index (κ3) is 3.50. The van der Waals surface area contributed by atoms with Crippen molar-refractivity contribution in [3.05, 3.63) is 0 Å². The zero-order valence-electron chi connectivity index (χ0n) is 7.69. The van der Waals surface area contributed by atoms with E-state index >= 15 is 0 Å². The summed E-state index contributed by atoms with van der Waals surface area (Å²) in [5.74, 6) is -0.355. The van der Waals surface area contributed by atoms with Gasteiger partial charge in [-0.2, -0.15) is 0 Å². The van der Waals surface area contributed by atoms with Crippen LogP contribution in [0, 0.1) is 5.92 Å². The maximum absolute atomic E-state index is 11.3. The summed E-state index contributed by atoms with van der Waals surface area (Å²) < 4.78 is 9.98. The van der Waals surface area contributed by atoms with Gasteiger partial charge in [-0.15, -0.1) is 12.4 Å². The van der Waals surface area contributed by atoms with Crippen molar-refractivity contribution >= 4 is 18.4 Å². The molecule has 2 atom stereocenters. The largest absolute Gasteiger partial charge is 0.466 e. The van der Waals surface area contributed by atoms with Gasteiger partial charge in [-0.1, -0.05) is 0 Å². The normalized spacial score (nSPS) is 27.5. The van der Waals surface area contributed by atoms with Crippen molar-refractivity contribution in [3.63, 3.8) is 0 Å². The third-order valence-electron chi connectivity index (χ3n) is 1.99. The number of ether oxygens (including phenoxy) is 2. The lowest BCUT2D eigenvalue weighted by molar-refractivity contribution is -0.152. The van der Waals surface area contributed by atoms with E-state index in [1.165, 1.54) is 0 Å². The van der Waals surface area contributed by atoms with Crippen LogP contribution < -0.4 is 5.73 Å². The van der Waals surface area contributed by atoms with Crippen molar-refractivity contribution in [2.75, 3.05) is 19.8 Å². The summed E-state index contributed by atoms with van der Waals surface area (Å²) in [6.07, 6.45) is 0.681. The summed E-state index contributed by atoms with van der Waals surface area (Å²) in [6.45, 7) is 3.28. The molecule has 1 fully saturated rings. The molecule has 1 saturated heterocycles. The molecule has 1 heterocycles. The Morgan fingerprint density at radius 3 is 2.92 bits per heavy atom. The van der Waals surface area contributed by atoms with Crippen molar-refractivity contribution in [2.45, 2.75) is 19.4 Å². The van der Waals surface area contributed by atoms with E-state index in [0.717, 1.165) is 0 Å². The maximum atomic E-state index is 11.3. The van der Waals surface area contributed by atoms with Crippen LogP contribution in [0.3, 0.4) is 0 Å². The van der Waals surface area contributed by atoms with Crippen LogP contribution in [-0.4, -0.2) is 31.8 Å². The molecule has 0 aromatic heterocycles. The standard InChI is InChI=1S/C8H15NO3.ClH/c1-2-12-8(10)6-3-4-11-5-7(6)9;/h6-7H,2-5,9H2,1H3;1H/t6-,7+;/m1./s1. The van der Waals surface area contributed by atoms with Gasteiger partial charge < -0.3 is 15.2 Å². The van der Waals surface area contributed by atoms with Crippen molar-refractivity contribution in [3.8, 4) is 0 Å². The molecule has 0 unspecified atom stereocenters. The van der Waals surface area contributed by atoms with Gasteiger partial charge in [-0.3, -0.25) is 4.79 Å². The number of carbonyl (C=O) groups excluding carboxylic acids is 1. The quantitative estimate of drug-likeness (QED) is 0.667. The summed E-state index contributed by atoms with van der Waals surface area (Å²) in [7, 11) is 0. The Morgan fingerprint density at radius 1 is 1.69 bits per heavy atom. The SMILES string of the molecule is CCOC(=O)[C@@H]1CCOC[C@@H]1N.Cl. The molecular weight excluding hydrogens is 194 g/mol. The van der Waals surface area contributed by atoms with Crippen molar-refractivity contribution in [2.24, 2.45) is 11.7 Å². The molecule has 2 N–H and O–H groups in total. The molecule has 0 amide bonds. The Balaban J connectivity index is 0.00000144. The molecule has 5 heteroatoms. The highest BCUT2D eigenvalue weighted by Crippen LogP contribution is 2.15. The van der Waals surface area contributed by atoms with Crippen LogP contribution in [-0.2, 0) is 14.3 Å². The molecule has 78 valence electrons. The number of rotatable bonds is 2. The van der Waals surface area contributed by atoms with Crippen molar-refractivity contribution < 1.29 is 14.3 Å². The summed E-state index contributed by atoms with van der Waals surface area (Å²) in [4.78, 5) is 11.3. The Hall–Kier alpha value is -0.320. The van der Waals surface area contributed by atoms with E-state index < -0.39 is 0 Å². The van der Waals surface area contributed by atoms with Crippen LogP contribution in [0.4, 0.5) is 0 Å². The van der Waals surface area contributed by atoms with E-state index in [4.69, 9.17) is 15.2 Å². The number of halogens is 1. The minimum atomic E-state index is -0.196. The maximum Gasteiger partial charge on any atom is 0.310 e. The van der Waals surface area contributed by atoms with E-state index in [0.29, 0.717) is 26.2 Å². The Morgan fingerprint density at radius 2 is 2.38 bits per heavy atom. The van der Waals surface area contributed by atoms with Crippen LogP contribution in [0.1, 0.15) is 13.3 Å². The first-order valence-corrected chi connectivity index (χ1v) is 4.25. The smallest absolute Gasteiger partial charge is 0.310 e. The molecular formula is C8H16ClNO3. The van der Waals surface area contributed by atoms with Gasteiger partial charge in [0.25, 0.3) is 0 Å². The first-order chi connectivity index (χ1) is 5.75. The van der Waals surface area contributed by atoms with Gasteiger partial charge in [-0.25, -0.2) is 0 Å². The fourth-order valence-corrected chi connectivity index (χ4v) is 1.30. The second-order valence-electron chi connectivity index (χ2n) is 2.89. The topological polar surface area (TPSA) is 61.5 Å². The predicted molar refractivity (Wildman–Crippen MR) is 50.8 cm³/mol. The molecule has 0 aromatic rings. The molecule has 13 heavy (non-hydrogen) atoms. The lowest BCUT2D eigenvalue weighted by atomic mass is 9.96. The van der Waals surface area contributed by atoms with E-state index in [2.05, 4.69) is 0 Å². The van der Waals surface area contributed by atoms with Gasteiger partial charge in [0.15, 0.2) is 0 Å². The van der Waals surface area contributed by atoms with Gasteiger partial charge in [0.2, 0.25) is 0 Å². The highest BCUT2D eigenvalue weighted by atomic mass is 35.5. The zero-order valence-corrected chi connectivity index (χ0v) is 8.51. The van der Waals surface area contributed by atoms with E-state index in [-0.39, 0.29) is 30.3 Å². The van der Waals surface area contributed by atoms with Crippen LogP contribution in [0.25, 0.3) is 0 Å². The van der Waals surface area contributed by atoms with E-state index in [1.807, 2.05) is 0 Å². The summed E-state index contributed by atoms with van der Waals surface area (Å²) in [5, 5.41) is 0. The minimum absolute atomic E-state index is 0. The average Bonchev–Trinajstić information content (AvgIpc) is 2.05. The molecule has 0 aliphatic carbocycles. The van der Waals surface area contributed by atoms with Gasteiger partial charge in [0.1, 0.15) is 0 Å². The molecule has 1 aliphatic heterocycles. The average molecular weight is 210 g/mol. The van der Waals surface area contributed by atoms with Gasteiger partial charge in [-0.05, 0) is 13.3 Å². The molecule has 0 saturated carbocycles. The molecule has 1 rings (SSSR count). The summed E-state index contributed by atoms with van der Waals surface area (Å²) in [6, 6.07) is -0.196. The molecule has 0 aromatic carbocycles. The number of hydrogen-bond acceptors (Lipinski definition) is 4. The number of nitrogens with two attached hydrogens (primary N) is 1. The second-order valence-corrected chi connectivity index (χ2v) is 2.89. The van der Waals surface area contributed by atoms with Gasteiger partial charge in [0.05, 0.1) is 19.1 Å². The monoisotopic (exact) mass is 209 g/mol. The summed E-state index contributed by atoms with van der Waals surface area (Å²) >= 11 is 0. The minimum Gasteiger partial charge on any atom is -0.466 e. The van der Waals surface area contributed by atoms with Crippen LogP contribution in [0.15, 0.2) is 0 Å². The Bertz CT molecular complexity index is 165. The number of carbonyl (C=O) groups is 1. The number of hydrogen-bond donors (Lipinski definition) is 1. The first-order valence-electron chi connectivity index (χ1n) is 4.25. The lowest BCUT2D eigenvalue weighted by Crippen LogP contribution is -2.44. The van der Waals surface area contributed by atoms with Crippen LogP contribution in [0.2, 0.25) is 0 Å². The lowest BCUT2D eigenvalue weighted by Gasteiger charge is -2.26. The fraction of sp³-hybridized carbons (Fsp3) is 0.875. The van der Waals surface area contributed by atoms with Gasteiger partial charge in [0, 0.05) is 12.6 Å². The summed E-state index contributed by atoms with van der Waals surface area (Å²) in [5.41, 5.74) is 5.68. The second kappa shape index (κ2) is 6.18. The highest BCUT2D eigenvalue weighted by molar-refractivity contribution is 5.85. The molecule has 0 bridgehead atoms. The molecule has 1 aliphatic rings. The van der Waals surface area contributed by atoms with E-state index in [9.17, 15) is 4.79 Å². The molecule has 4 nitrogen and oxygen atoms in total. The Labute approximate surface area is 84.2 Å². The predicted octanol–water partition coefficient (Wildman–Crippen LogP) is 0.335.